The number of ether oxygens (including phenoxy) is 2. The Hall–Kier alpha value is -1.45. The minimum absolute atomic E-state index is 0.0377. The third kappa shape index (κ3) is 4.80. The predicted molar refractivity (Wildman–Crippen MR) is 122 cm³/mol. The largest absolute Gasteiger partial charge is 0.393 e. The van der Waals surface area contributed by atoms with Gasteiger partial charge >= 0.3 is 7.60 Å². The molecule has 4 atom stereocenters. The molecule has 0 radical (unpaired) electrons. The number of anilines is 1. The van der Waals surface area contributed by atoms with Gasteiger partial charge in [-0.05, 0) is 24.4 Å². The molecule has 14 nitrogen and oxygen atoms in total. The van der Waals surface area contributed by atoms with Gasteiger partial charge < -0.3 is 44.6 Å². The third-order valence-corrected chi connectivity index (χ3v) is 8.38. The van der Waals surface area contributed by atoms with Crippen LogP contribution in [0.4, 0.5) is 5.82 Å². The zero-order valence-electron chi connectivity index (χ0n) is 18.9. The second kappa shape index (κ2) is 10.1. The van der Waals surface area contributed by atoms with Gasteiger partial charge in [-0.15, -0.1) is 0 Å². The Morgan fingerprint density at radius 1 is 1.23 bits per heavy atom. The summed E-state index contributed by atoms with van der Waals surface area (Å²) >= 11 is 6.19. The number of rotatable bonds is 9. The SMILES string of the molecule is CN(c1nc(Cl)nc2c1cnn2[C@@H]1O[C@H](COC(CO)(CO)P(=O)(O)O)[C@@H](O)[C@H]1O)C1CCCC1. The second-order valence-corrected chi connectivity index (χ2v) is 11.1. The molecule has 0 amide bonds. The standard InChI is InChI=1S/C19H29ClN5O9P/c1-24(10-4-2-3-5-10)15-11-6-21-25(16(11)23-18(20)22-15)17-14(29)13(28)12(34-17)7-33-19(8-26,9-27)35(30,31)32/h6,10,12-14,17,26-29H,2-5,7-9H2,1H3,(H2,30,31,32)/t12-,13-,14-,17-/m1/s1. The van der Waals surface area contributed by atoms with E-state index >= 15 is 0 Å². The van der Waals surface area contributed by atoms with Crippen LogP contribution in [0.15, 0.2) is 6.20 Å². The molecule has 1 aliphatic carbocycles. The van der Waals surface area contributed by atoms with Crippen molar-refractivity contribution in [1.82, 2.24) is 19.7 Å². The van der Waals surface area contributed by atoms with Crippen molar-refractivity contribution in [3.8, 4) is 0 Å². The van der Waals surface area contributed by atoms with Gasteiger partial charge in [0.2, 0.25) is 10.6 Å². The number of aliphatic hydroxyl groups excluding tert-OH is 4. The van der Waals surface area contributed by atoms with Crippen molar-refractivity contribution in [1.29, 1.82) is 0 Å². The first-order valence-corrected chi connectivity index (χ1v) is 13.1. The molecule has 2 aromatic heterocycles. The van der Waals surface area contributed by atoms with Crippen molar-refractivity contribution >= 4 is 36.0 Å². The molecule has 0 unspecified atom stereocenters. The van der Waals surface area contributed by atoms with Gasteiger partial charge in [0.05, 0.1) is 31.4 Å². The Morgan fingerprint density at radius 2 is 1.89 bits per heavy atom. The minimum atomic E-state index is -5.10. The molecule has 0 spiro atoms. The highest BCUT2D eigenvalue weighted by Gasteiger charge is 2.51. The average molecular weight is 538 g/mol. The van der Waals surface area contributed by atoms with Crippen molar-refractivity contribution in [2.75, 3.05) is 31.8 Å². The van der Waals surface area contributed by atoms with E-state index in [0.717, 1.165) is 25.7 Å². The van der Waals surface area contributed by atoms with Gasteiger partial charge in [-0.2, -0.15) is 15.1 Å². The fraction of sp³-hybridized carbons (Fsp3) is 0.737. The number of aliphatic hydroxyl groups is 4. The molecule has 2 aliphatic rings. The molecule has 0 aromatic carbocycles. The number of hydrogen-bond donors (Lipinski definition) is 6. The molecule has 1 saturated carbocycles. The van der Waals surface area contributed by atoms with Crippen LogP contribution in [0.1, 0.15) is 31.9 Å². The molecule has 6 N–H and O–H groups in total. The number of hydrogen-bond acceptors (Lipinski definition) is 11. The van der Waals surface area contributed by atoms with Crippen molar-refractivity contribution in [3.63, 3.8) is 0 Å². The fourth-order valence-electron chi connectivity index (χ4n) is 4.52. The molecule has 1 saturated heterocycles. The first kappa shape index (κ1) is 26.6. The summed E-state index contributed by atoms with van der Waals surface area (Å²) in [5.74, 6) is 0.573. The van der Waals surface area contributed by atoms with Crippen molar-refractivity contribution in [3.05, 3.63) is 11.5 Å². The van der Waals surface area contributed by atoms with E-state index in [1.165, 1.54) is 10.9 Å². The Bertz CT molecular complexity index is 1090. The third-order valence-electron chi connectivity index (χ3n) is 6.73. The van der Waals surface area contributed by atoms with E-state index in [-0.39, 0.29) is 17.0 Å². The molecule has 2 fully saturated rings. The lowest BCUT2D eigenvalue weighted by molar-refractivity contribution is -0.121. The highest BCUT2D eigenvalue weighted by atomic mass is 35.5. The summed E-state index contributed by atoms with van der Waals surface area (Å²) in [4.78, 5) is 29.6. The van der Waals surface area contributed by atoms with E-state index < -0.39 is 57.3 Å². The Morgan fingerprint density at radius 3 is 2.49 bits per heavy atom. The van der Waals surface area contributed by atoms with Crippen LogP contribution in [0.2, 0.25) is 5.28 Å². The lowest BCUT2D eigenvalue weighted by Crippen LogP contribution is -2.44. The Balaban J connectivity index is 1.59. The Kier molecular flexibility index (Phi) is 7.70. The van der Waals surface area contributed by atoms with Crippen LogP contribution in [-0.4, -0.2) is 107 Å². The monoisotopic (exact) mass is 537 g/mol. The average Bonchev–Trinajstić information content (AvgIpc) is 3.54. The zero-order chi connectivity index (χ0) is 25.5. The number of fused-ring (bicyclic) bond motifs is 1. The van der Waals surface area contributed by atoms with Gasteiger partial charge in [0.25, 0.3) is 0 Å². The maximum Gasteiger partial charge on any atom is 0.361 e. The smallest absolute Gasteiger partial charge is 0.361 e. The van der Waals surface area contributed by atoms with Crippen LogP contribution in [0.25, 0.3) is 11.0 Å². The lowest BCUT2D eigenvalue weighted by Gasteiger charge is -2.31. The van der Waals surface area contributed by atoms with Gasteiger partial charge in [-0.1, -0.05) is 12.8 Å². The summed E-state index contributed by atoms with van der Waals surface area (Å²) in [6, 6.07) is 0.288. The fourth-order valence-corrected chi connectivity index (χ4v) is 5.29. The Labute approximate surface area is 205 Å². The van der Waals surface area contributed by atoms with E-state index in [4.69, 9.17) is 21.1 Å². The summed E-state index contributed by atoms with van der Waals surface area (Å²) in [5.41, 5.74) is 0.262. The molecule has 3 heterocycles. The van der Waals surface area contributed by atoms with E-state index in [9.17, 15) is 34.8 Å². The van der Waals surface area contributed by atoms with Crippen LogP contribution >= 0.6 is 19.2 Å². The van der Waals surface area contributed by atoms with Crippen molar-refractivity contribution in [2.24, 2.45) is 0 Å². The summed E-state index contributed by atoms with van der Waals surface area (Å²) in [6.45, 7) is -3.01. The van der Waals surface area contributed by atoms with E-state index in [1.54, 1.807) is 0 Å². The number of aromatic nitrogens is 4. The normalized spacial score (nSPS) is 26.2. The summed E-state index contributed by atoms with van der Waals surface area (Å²) in [7, 11) is -3.18. The van der Waals surface area contributed by atoms with E-state index in [1.807, 2.05) is 11.9 Å². The van der Waals surface area contributed by atoms with Crippen LogP contribution in [0.5, 0.6) is 0 Å². The highest BCUT2D eigenvalue weighted by Crippen LogP contribution is 2.51. The molecule has 0 bridgehead atoms. The minimum Gasteiger partial charge on any atom is -0.393 e. The second-order valence-electron chi connectivity index (χ2n) is 8.86. The number of nitrogens with zero attached hydrogens (tertiary/aromatic N) is 5. The van der Waals surface area contributed by atoms with Crippen LogP contribution < -0.4 is 4.90 Å². The van der Waals surface area contributed by atoms with Crippen LogP contribution in [-0.2, 0) is 14.0 Å². The van der Waals surface area contributed by atoms with Crippen molar-refractivity contribution in [2.45, 2.75) is 61.6 Å². The quantitative estimate of drug-likeness (QED) is 0.174. The molecular weight excluding hydrogens is 509 g/mol. The molecule has 196 valence electrons. The summed E-state index contributed by atoms with van der Waals surface area (Å²) in [6.07, 6.45) is 0.234. The van der Waals surface area contributed by atoms with Gasteiger partial charge in [0.15, 0.2) is 11.9 Å². The predicted octanol–water partition coefficient (Wildman–Crippen LogP) is -0.647. The van der Waals surface area contributed by atoms with Gasteiger partial charge in [-0.25, -0.2) is 4.68 Å². The molecular formula is C19H29ClN5O9P. The molecule has 1 aliphatic heterocycles. The van der Waals surface area contributed by atoms with Crippen LogP contribution in [0.3, 0.4) is 0 Å². The number of halogens is 1. The lowest BCUT2D eigenvalue weighted by atomic mass is 10.1. The maximum atomic E-state index is 11.7. The summed E-state index contributed by atoms with van der Waals surface area (Å²) in [5, 5.41) is 42.2. The van der Waals surface area contributed by atoms with Crippen molar-refractivity contribution < 1.29 is 44.3 Å². The summed E-state index contributed by atoms with van der Waals surface area (Å²) < 4.78 is 23.8. The van der Waals surface area contributed by atoms with Gasteiger partial charge in [-0.3, -0.25) is 4.57 Å². The molecule has 16 heteroatoms. The van der Waals surface area contributed by atoms with Crippen LogP contribution in [0, 0.1) is 0 Å². The van der Waals surface area contributed by atoms with Gasteiger partial charge in [0.1, 0.15) is 24.1 Å². The molecule has 4 rings (SSSR count). The topological polar surface area (TPSA) is 204 Å². The van der Waals surface area contributed by atoms with E-state index in [0.29, 0.717) is 11.2 Å². The van der Waals surface area contributed by atoms with Gasteiger partial charge in [0, 0.05) is 13.1 Å². The molecule has 2 aromatic rings. The molecule has 35 heavy (non-hydrogen) atoms. The van der Waals surface area contributed by atoms with E-state index in [2.05, 4.69) is 15.1 Å². The zero-order valence-corrected chi connectivity index (χ0v) is 20.5. The highest BCUT2D eigenvalue weighted by molar-refractivity contribution is 7.53. The first-order chi connectivity index (χ1) is 16.5. The first-order valence-electron chi connectivity index (χ1n) is 11.1. The maximum absolute atomic E-state index is 11.7.